The number of carbonyl (C=O) groups is 1. The molecule has 0 radical (unpaired) electrons. The van der Waals surface area contributed by atoms with E-state index in [4.69, 9.17) is 5.11 Å². The first-order valence-electron chi connectivity index (χ1n) is 5.19. The second kappa shape index (κ2) is 3.92. The Morgan fingerprint density at radius 3 is 3.13 bits per heavy atom. The van der Waals surface area contributed by atoms with E-state index in [1.165, 1.54) is 0 Å². The highest BCUT2D eigenvalue weighted by molar-refractivity contribution is 5.72. The van der Waals surface area contributed by atoms with Crippen molar-refractivity contribution in [2.75, 3.05) is 11.4 Å². The number of anilines is 1. The van der Waals surface area contributed by atoms with E-state index in [2.05, 4.69) is 15.1 Å². The van der Waals surface area contributed by atoms with Gasteiger partial charge in [0.15, 0.2) is 0 Å². The molecular weight excluding hydrogens is 194 g/mol. The Hall–Kier alpha value is -1.52. The summed E-state index contributed by atoms with van der Waals surface area (Å²) in [5, 5.41) is 15.8. The number of piperidine rings is 1. The molecule has 0 spiro atoms. The molecule has 1 aliphatic heterocycles. The Bertz CT molecular complexity index is 336. The number of rotatable bonds is 2. The first-order chi connectivity index (χ1) is 7.20. The summed E-state index contributed by atoms with van der Waals surface area (Å²) in [6, 6.07) is 1.90. The summed E-state index contributed by atoms with van der Waals surface area (Å²) in [7, 11) is 0. The van der Waals surface area contributed by atoms with Crippen LogP contribution in [0.5, 0.6) is 0 Å². The number of carboxylic acid groups (broad SMARTS) is 1. The van der Waals surface area contributed by atoms with E-state index in [0.29, 0.717) is 0 Å². The highest BCUT2D eigenvalue weighted by Gasteiger charge is 2.33. The third-order valence-corrected chi connectivity index (χ3v) is 3.10. The van der Waals surface area contributed by atoms with Gasteiger partial charge in [-0.25, -0.2) is 0 Å². The van der Waals surface area contributed by atoms with Crippen molar-refractivity contribution < 1.29 is 9.90 Å². The van der Waals surface area contributed by atoms with Gasteiger partial charge in [0.05, 0.1) is 12.1 Å². The summed E-state index contributed by atoms with van der Waals surface area (Å²) in [4.78, 5) is 13.1. The molecular formula is C10H15N3O2. The van der Waals surface area contributed by atoms with Crippen molar-refractivity contribution in [1.29, 1.82) is 0 Å². The molecule has 1 fully saturated rings. The maximum Gasteiger partial charge on any atom is 0.308 e. The summed E-state index contributed by atoms with van der Waals surface area (Å²) < 4.78 is 0. The van der Waals surface area contributed by atoms with Crippen LogP contribution in [0.15, 0.2) is 12.3 Å². The van der Waals surface area contributed by atoms with E-state index in [0.717, 1.165) is 25.2 Å². The molecule has 5 nitrogen and oxygen atoms in total. The molecule has 0 aliphatic carbocycles. The average Bonchev–Trinajstić information content (AvgIpc) is 2.70. The molecule has 0 bridgehead atoms. The first-order valence-corrected chi connectivity index (χ1v) is 5.19. The maximum absolute atomic E-state index is 11.0. The molecule has 0 amide bonds. The van der Waals surface area contributed by atoms with Crippen molar-refractivity contribution in [2.24, 2.45) is 5.92 Å². The Morgan fingerprint density at radius 1 is 1.73 bits per heavy atom. The zero-order valence-corrected chi connectivity index (χ0v) is 8.68. The number of hydrogen-bond donors (Lipinski definition) is 2. The van der Waals surface area contributed by atoms with Gasteiger partial charge in [-0.2, -0.15) is 5.10 Å². The smallest absolute Gasteiger partial charge is 0.308 e. The van der Waals surface area contributed by atoms with Gasteiger partial charge in [-0.3, -0.25) is 9.89 Å². The lowest BCUT2D eigenvalue weighted by Gasteiger charge is -2.37. The fourth-order valence-corrected chi connectivity index (χ4v) is 2.22. The zero-order valence-electron chi connectivity index (χ0n) is 8.68. The number of aliphatic carboxylic acids is 1. The van der Waals surface area contributed by atoms with E-state index in [-0.39, 0.29) is 12.0 Å². The third kappa shape index (κ3) is 1.82. The van der Waals surface area contributed by atoms with Crippen LogP contribution in [-0.2, 0) is 4.79 Å². The molecule has 2 N–H and O–H groups in total. The predicted molar refractivity (Wildman–Crippen MR) is 55.8 cm³/mol. The highest BCUT2D eigenvalue weighted by Crippen LogP contribution is 2.27. The molecule has 1 aromatic rings. The van der Waals surface area contributed by atoms with Crippen LogP contribution < -0.4 is 4.90 Å². The quantitative estimate of drug-likeness (QED) is 0.765. The summed E-state index contributed by atoms with van der Waals surface area (Å²) in [5.41, 5.74) is 0. The molecule has 1 saturated heterocycles. The van der Waals surface area contributed by atoms with Gasteiger partial charge in [0.1, 0.15) is 5.82 Å². The standard InChI is InChI=1S/C10H15N3O2/c1-7-8(10(14)15)3-2-6-13(7)9-4-5-11-12-9/h4-5,7-8H,2-3,6H2,1H3,(H,11,12)(H,14,15)/t7-,8+/m1/s1. The normalized spacial score (nSPS) is 26.6. The Kier molecular flexibility index (Phi) is 2.62. The highest BCUT2D eigenvalue weighted by atomic mass is 16.4. The topological polar surface area (TPSA) is 69.2 Å². The van der Waals surface area contributed by atoms with Crippen molar-refractivity contribution in [3.63, 3.8) is 0 Å². The van der Waals surface area contributed by atoms with Crippen LogP contribution >= 0.6 is 0 Å². The molecule has 1 aliphatic rings. The predicted octanol–water partition coefficient (Wildman–Crippen LogP) is 1.10. The van der Waals surface area contributed by atoms with Gasteiger partial charge in [-0.1, -0.05) is 0 Å². The maximum atomic E-state index is 11.0. The molecule has 2 rings (SSSR count). The first kappa shape index (κ1) is 10.0. The minimum atomic E-state index is -0.702. The van der Waals surface area contributed by atoms with Crippen LogP contribution in [0.25, 0.3) is 0 Å². The van der Waals surface area contributed by atoms with Gasteiger partial charge in [0.2, 0.25) is 0 Å². The number of nitrogens with zero attached hydrogens (tertiary/aromatic N) is 2. The molecule has 0 saturated carbocycles. The van der Waals surface area contributed by atoms with Crippen LogP contribution in [-0.4, -0.2) is 33.9 Å². The number of aromatic amines is 1. The van der Waals surface area contributed by atoms with Gasteiger partial charge in [-0.05, 0) is 19.8 Å². The van der Waals surface area contributed by atoms with Crippen LogP contribution in [0.4, 0.5) is 5.82 Å². The lowest BCUT2D eigenvalue weighted by Crippen LogP contribution is -2.46. The van der Waals surface area contributed by atoms with Crippen LogP contribution in [0.1, 0.15) is 19.8 Å². The molecule has 0 unspecified atom stereocenters. The minimum Gasteiger partial charge on any atom is -0.481 e. The molecule has 2 heterocycles. The van der Waals surface area contributed by atoms with Crippen LogP contribution in [0.2, 0.25) is 0 Å². The van der Waals surface area contributed by atoms with Crippen molar-refractivity contribution in [3.05, 3.63) is 12.3 Å². The molecule has 82 valence electrons. The van der Waals surface area contributed by atoms with Crippen molar-refractivity contribution in [2.45, 2.75) is 25.8 Å². The largest absolute Gasteiger partial charge is 0.481 e. The summed E-state index contributed by atoms with van der Waals surface area (Å²) in [6.07, 6.45) is 3.37. The summed E-state index contributed by atoms with van der Waals surface area (Å²) in [6.45, 7) is 2.85. The van der Waals surface area contributed by atoms with Crippen LogP contribution in [0, 0.1) is 5.92 Å². The Balaban J connectivity index is 2.16. The molecule has 1 aromatic heterocycles. The molecule has 15 heavy (non-hydrogen) atoms. The van der Waals surface area contributed by atoms with Gasteiger partial charge in [0, 0.05) is 18.7 Å². The lowest BCUT2D eigenvalue weighted by atomic mass is 9.90. The van der Waals surface area contributed by atoms with Crippen LogP contribution in [0.3, 0.4) is 0 Å². The van der Waals surface area contributed by atoms with Crippen molar-refractivity contribution in [1.82, 2.24) is 10.2 Å². The van der Waals surface area contributed by atoms with Crippen molar-refractivity contribution >= 4 is 11.8 Å². The van der Waals surface area contributed by atoms with E-state index < -0.39 is 5.97 Å². The minimum absolute atomic E-state index is 0.0247. The number of carboxylic acids is 1. The second-order valence-corrected chi connectivity index (χ2v) is 3.96. The number of hydrogen-bond acceptors (Lipinski definition) is 3. The van der Waals surface area contributed by atoms with Gasteiger partial charge >= 0.3 is 5.97 Å². The van der Waals surface area contributed by atoms with E-state index >= 15 is 0 Å². The fraction of sp³-hybridized carbons (Fsp3) is 0.600. The van der Waals surface area contributed by atoms with Gasteiger partial charge in [-0.15, -0.1) is 0 Å². The third-order valence-electron chi connectivity index (χ3n) is 3.10. The molecule has 0 aromatic carbocycles. The molecule has 2 atom stereocenters. The lowest BCUT2D eigenvalue weighted by molar-refractivity contribution is -0.143. The Labute approximate surface area is 88.1 Å². The van der Waals surface area contributed by atoms with Gasteiger partial charge in [0.25, 0.3) is 0 Å². The summed E-state index contributed by atoms with van der Waals surface area (Å²) in [5.74, 6) is -0.0674. The zero-order chi connectivity index (χ0) is 10.8. The Morgan fingerprint density at radius 2 is 2.53 bits per heavy atom. The number of aromatic nitrogens is 2. The van der Waals surface area contributed by atoms with E-state index in [1.807, 2.05) is 13.0 Å². The van der Waals surface area contributed by atoms with E-state index in [1.54, 1.807) is 6.20 Å². The molecule has 5 heteroatoms. The number of H-pyrrole nitrogens is 1. The summed E-state index contributed by atoms with van der Waals surface area (Å²) >= 11 is 0. The van der Waals surface area contributed by atoms with Gasteiger partial charge < -0.3 is 10.0 Å². The number of nitrogens with one attached hydrogen (secondary N) is 1. The SMILES string of the molecule is C[C@@H]1[C@@H](C(=O)O)CCCN1c1ccn[nH]1. The van der Waals surface area contributed by atoms with E-state index in [9.17, 15) is 4.79 Å². The average molecular weight is 209 g/mol. The second-order valence-electron chi connectivity index (χ2n) is 3.96. The monoisotopic (exact) mass is 209 g/mol. The fourth-order valence-electron chi connectivity index (χ4n) is 2.22. The van der Waals surface area contributed by atoms with Crippen molar-refractivity contribution in [3.8, 4) is 0 Å².